The van der Waals surface area contributed by atoms with E-state index in [0.717, 1.165) is 14.2 Å². The van der Waals surface area contributed by atoms with Gasteiger partial charge in [-0.1, -0.05) is 0 Å². The summed E-state index contributed by atoms with van der Waals surface area (Å²) in [5.74, 6) is -2.95. The van der Waals surface area contributed by atoms with Crippen molar-refractivity contribution < 1.29 is 33.0 Å². The van der Waals surface area contributed by atoms with Crippen LogP contribution >= 0.6 is 0 Å². The van der Waals surface area contributed by atoms with E-state index in [1.807, 2.05) is 0 Å². The average molecular weight is 222 g/mol. The van der Waals surface area contributed by atoms with Crippen molar-refractivity contribution in [1.29, 1.82) is 0 Å². The number of hydrogen-bond donors (Lipinski definition) is 0. The fraction of sp³-hybridized carbons (Fsp3) is 0.625. The number of esters is 3. The highest BCUT2D eigenvalue weighted by molar-refractivity contribution is 5.84. The minimum absolute atomic E-state index is 0.505. The van der Waals surface area contributed by atoms with E-state index in [1.165, 1.54) is 0 Å². The van der Waals surface area contributed by atoms with Crippen LogP contribution in [0, 0.1) is 0 Å². The highest BCUT2D eigenvalue weighted by atomic mass is 19.1. The van der Waals surface area contributed by atoms with Crippen LogP contribution in [0.15, 0.2) is 0 Å². The van der Waals surface area contributed by atoms with Gasteiger partial charge in [0.1, 0.15) is 0 Å². The van der Waals surface area contributed by atoms with Crippen LogP contribution in [0.4, 0.5) is 4.39 Å². The summed E-state index contributed by atoms with van der Waals surface area (Å²) in [6, 6.07) is 0. The Labute approximate surface area is 85.3 Å². The summed E-state index contributed by atoms with van der Waals surface area (Å²) in [5.41, 5.74) is 0. The molecule has 0 aromatic rings. The second-order valence-electron chi connectivity index (χ2n) is 2.42. The van der Waals surface area contributed by atoms with Crippen molar-refractivity contribution in [3.8, 4) is 0 Å². The van der Waals surface area contributed by atoms with Crippen molar-refractivity contribution in [3.63, 3.8) is 0 Å². The second kappa shape index (κ2) is 6.74. The number of ether oxygens (including phenoxy) is 3. The van der Waals surface area contributed by atoms with Gasteiger partial charge in [-0.05, 0) is 0 Å². The minimum Gasteiger partial charge on any atom is -0.469 e. The fourth-order valence-electron chi connectivity index (χ4n) is 0.729. The lowest BCUT2D eigenvalue weighted by atomic mass is 10.2. The van der Waals surface area contributed by atoms with Crippen molar-refractivity contribution >= 4 is 17.9 Å². The zero-order valence-electron chi connectivity index (χ0n) is 8.32. The van der Waals surface area contributed by atoms with Gasteiger partial charge < -0.3 is 14.2 Å². The molecule has 1 unspecified atom stereocenters. The van der Waals surface area contributed by atoms with Crippen molar-refractivity contribution in [2.75, 3.05) is 20.9 Å². The molecule has 0 aromatic carbocycles. The van der Waals surface area contributed by atoms with Crippen molar-refractivity contribution in [3.05, 3.63) is 0 Å². The highest BCUT2D eigenvalue weighted by Gasteiger charge is 2.27. The Hall–Kier alpha value is -1.66. The topological polar surface area (TPSA) is 78.9 Å². The Morgan fingerprint density at radius 2 is 1.73 bits per heavy atom. The summed E-state index contributed by atoms with van der Waals surface area (Å²) in [6.07, 6.45) is -1.97. The Kier molecular flexibility index (Phi) is 6.00. The Morgan fingerprint density at radius 1 is 1.13 bits per heavy atom. The van der Waals surface area contributed by atoms with Crippen LogP contribution in [0.2, 0.25) is 0 Å². The van der Waals surface area contributed by atoms with Gasteiger partial charge in [-0.15, -0.1) is 0 Å². The maximum atomic E-state index is 11.8. The molecule has 0 rings (SSSR count). The maximum absolute atomic E-state index is 11.8. The lowest BCUT2D eigenvalue weighted by Crippen LogP contribution is -2.31. The lowest BCUT2D eigenvalue weighted by molar-refractivity contribution is -0.170. The molecule has 0 aliphatic carbocycles. The molecule has 0 N–H and O–H groups in total. The SMILES string of the molecule is COC(=O)CC(OC(=O)CF)C(=O)OC. The first-order valence-corrected chi connectivity index (χ1v) is 3.95. The van der Waals surface area contributed by atoms with Gasteiger partial charge in [0.15, 0.2) is 6.67 Å². The monoisotopic (exact) mass is 222 g/mol. The van der Waals surface area contributed by atoms with E-state index < -0.39 is 37.1 Å². The predicted molar refractivity (Wildman–Crippen MR) is 44.5 cm³/mol. The minimum atomic E-state index is -1.47. The Balaban J connectivity index is 4.37. The van der Waals surface area contributed by atoms with Gasteiger partial charge in [0, 0.05) is 0 Å². The summed E-state index contributed by atoms with van der Waals surface area (Å²) in [7, 11) is 2.16. The fourth-order valence-corrected chi connectivity index (χ4v) is 0.729. The molecule has 0 bridgehead atoms. The Bertz CT molecular complexity index is 234. The Morgan fingerprint density at radius 3 is 2.13 bits per heavy atom. The van der Waals surface area contributed by atoms with Crippen molar-refractivity contribution in [1.82, 2.24) is 0 Å². The summed E-state index contributed by atoms with van der Waals surface area (Å²) < 4.78 is 24.6. The molecule has 0 aliphatic heterocycles. The number of carbonyl (C=O) groups is 3. The van der Waals surface area contributed by atoms with Crippen LogP contribution in [0.5, 0.6) is 0 Å². The van der Waals surface area contributed by atoms with E-state index in [-0.39, 0.29) is 0 Å². The standard InChI is InChI=1S/C8H11FO6/c1-13-6(10)3-5(8(12)14-2)15-7(11)4-9/h5H,3-4H2,1-2H3. The molecular weight excluding hydrogens is 211 g/mol. The average Bonchev–Trinajstić information content (AvgIpc) is 2.26. The number of carbonyl (C=O) groups excluding carboxylic acids is 3. The molecule has 0 heterocycles. The van der Waals surface area contributed by atoms with E-state index in [2.05, 4.69) is 14.2 Å². The van der Waals surface area contributed by atoms with Crippen LogP contribution in [-0.2, 0) is 28.6 Å². The van der Waals surface area contributed by atoms with Crippen molar-refractivity contribution in [2.45, 2.75) is 12.5 Å². The summed E-state index contributed by atoms with van der Waals surface area (Å²) in [4.78, 5) is 32.3. The van der Waals surface area contributed by atoms with Gasteiger partial charge in [0.25, 0.3) is 0 Å². The molecular formula is C8H11FO6. The number of hydrogen-bond acceptors (Lipinski definition) is 6. The van der Waals surface area contributed by atoms with Gasteiger partial charge in [-0.2, -0.15) is 0 Å². The number of alkyl halides is 1. The van der Waals surface area contributed by atoms with Crippen LogP contribution in [0.3, 0.4) is 0 Å². The molecule has 0 amide bonds. The molecule has 86 valence electrons. The molecule has 0 saturated carbocycles. The molecule has 0 radical (unpaired) electrons. The number of methoxy groups -OCH3 is 2. The molecule has 1 atom stereocenters. The van der Waals surface area contributed by atoms with Gasteiger partial charge in [-0.25, -0.2) is 14.0 Å². The lowest BCUT2D eigenvalue weighted by Gasteiger charge is -2.13. The van der Waals surface area contributed by atoms with E-state index in [9.17, 15) is 18.8 Å². The van der Waals surface area contributed by atoms with Crippen LogP contribution < -0.4 is 0 Å². The molecule has 7 heteroatoms. The van der Waals surface area contributed by atoms with Crippen LogP contribution in [-0.4, -0.2) is 44.9 Å². The molecule has 0 aliphatic rings. The number of rotatable bonds is 5. The van der Waals surface area contributed by atoms with Crippen LogP contribution in [0.1, 0.15) is 6.42 Å². The zero-order valence-corrected chi connectivity index (χ0v) is 8.32. The molecule has 0 aromatic heterocycles. The normalized spacial score (nSPS) is 11.4. The molecule has 0 fully saturated rings. The highest BCUT2D eigenvalue weighted by Crippen LogP contribution is 2.03. The molecule has 15 heavy (non-hydrogen) atoms. The first-order valence-electron chi connectivity index (χ1n) is 3.95. The van der Waals surface area contributed by atoms with Gasteiger partial charge in [0.2, 0.25) is 6.10 Å². The van der Waals surface area contributed by atoms with Crippen LogP contribution in [0.25, 0.3) is 0 Å². The third-order valence-electron chi connectivity index (χ3n) is 1.43. The summed E-state index contributed by atoms with van der Waals surface area (Å²) in [5, 5.41) is 0. The first-order chi connectivity index (χ1) is 7.04. The zero-order chi connectivity index (χ0) is 11.8. The van der Waals surface area contributed by atoms with Crippen molar-refractivity contribution in [2.24, 2.45) is 0 Å². The van der Waals surface area contributed by atoms with Gasteiger partial charge >= 0.3 is 17.9 Å². The van der Waals surface area contributed by atoms with E-state index in [1.54, 1.807) is 0 Å². The van der Waals surface area contributed by atoms with E-state index in [4.69, 9.17) is 0 Å². The van der Waals surface area contributed by atoms with Gasteiger partial charge in [-0.3, -0.25) is 4.79 Å². The van der Waals surface area contributed by atoms with E-state index >= 15 is 0 Å². The molecule has 0 spiro atoms. The third kappa shape index (κ3) is 4.94. The molecule has 6 nitrogen and oxygen atoms in total. The summed E-state index contributed by atoms with van der Waals surface area (Å²) in [6.45, 7) is -1.38. The number of halogens is 1. The third-order valence-corrected chi connectivity index (χ3v) is 1.43. The quantitative estimate of drug-likeness (QED) is 0.465. The maximum Gasteiger partial charge on any atom is 0.347 e. The first kappa shape index (κ1) is 13.3. The predicted octanol–water partition coefficient (Wildman–Crippen LogP) is -0.396. The van der Waals surface area contributed by atoms with Gasteiger partial charge in [0.05, 0.1) is 20.6 Å². The second-order valence-corrected chi connectivity index (χ2v) is 2.42. The smallest absolute Gasteiger partial charge is 0.347 e. The molecule has 0 saturated heterocycles. The summed E-state index contributed by atoms with van der Waals surface area (Å²) >= 11 is 0. The largest absolute Gasteiger partial charge is 0.469 e. The van der Waals surface area contributed by atoms with E-state index in [0.29, 0.717) is 0 Å².